The third kappa shape index (κ3) is 4.45. The predicted molar refractivity (Wildman–Crippen MR) is 92.6 cm³/mol. The van der Waals surface area contributed by atoms with Crippen molar-refractivity contribution in [1.82, 2.24) is 10.2 Å². The second-order valence-corrected chi connectivity index (χ2v) is 8.23. The SMILES string of the molecule is CCCNC1CC(C)CC(C)C1CN1CCCC1C(C)C. The Hall–Kier alpha value is -0.0800. The van der Waals surface area contributed by atoms with E-state index in [0.29, 0.717) is 0 Å². The molecule has 2 rings (SSSR count). The zero-order valence-corrected chi connectivity index (χ0v) is 15.1. The molecule has 5 atom stereocenters. The standard InChI is InChI=1S/C19H38N2/c1-6-9-20-18-12-15(4)11-16(5)17(18)13-21-10-7-8-19(21)14(2)3/h14-20H,6-13H2,1-5H3. The molecule has 1 saturated carbocycles. The van der Waals surface area contributed by atoms with Gasteiger partial charge in [0, 0.05) is 18.6 Å². The maximum absolute atomic E-state index is 3.87. The van der Waals surface area contributed by atoms with E-state index in [2.05, 4.69) is 44.8 Å². The Balaban J connectivity index is 1.99. The predicted octanol–water partition coefficient (Wildman–Crippen LogP) is 4.16. The minimum absolute atomic E-state index is 0.747. The summed E-state index contributed by atoms with van der Waals surface area (Å²) < 4.78 is 0. The molecular weight excluding hydrogens is 256 g/mol. The van der Waals surface area contributed by atoms with Crippen molar-refractivity contribution in [3.63, 3.8) is 0 Å². The Morgan fingerprint density at radius 2 is 1.95 bits per heavy atom. The van der Waals surface area contributed by atoms with Crippen LogP contribution in [0, 0.1) is 23.7 Å². The van der Waals surface area contributed by atoms with E-state index in [9.17, 15) is 0 Å². The normalized spacial score (nSPS) is 38.3. The lowest BCUT2D eigenvalue weighted by Gasteiger charge is -2.43. The van der Waals surface area contributed by atoms with E-state index in [1.165, 1.54) is 51.7 Å². The van der Waals surface area contributed by atoms with Gasteiger partial charge in [0.25, 0.3) is 0 Å². The lowest BCUT2D eigenvalue weighted by Crippen LogP contribution is -2.50. The largest absolute Gasteiger partial charge is 0.314 e. The average molecular weight is 295 g/mol. The molecule has 1 aliphatic heterocycles. The molecule has 1 aliphatic carbocycles. The maximum atomic E-state index is 3.87. The Morgan fingerprint density at radius 3 is 2.62 bits per heavy atom. The molecule has 0 aromatic carbocycles. The fourth-order valence-electron chi connectivity index (χ4n) is 4.89. The summed E-state index contributed by atoms with van der Waals surface area (Å²) in [5.41, 5.74) is 0. The van der Waals surface area contributed by atoms with Crippen LogP contribution >= 0.6 is 0 Å². The Morgan fingerprint density at radius 1 is 1.19 bits per heavy atom. The number of likely N-dealkylation sites (tertiary alicyclic amines) is 1. The van der Waals surface area contributed by atoms with Crippen molar-refractivity contribution < 1.29 is 0 Å². The van der Waals surface area contributed by atoms with Gasteiger partial charge in [-0.15, -0.1) is 0 Å². The first-order valence-electron chi connectivity index (χ1n) is 9.50. The molecule has 5 unspecified atom stereocenters. The van der Waals surface area contributed by atoms with E-state index in [-0.39, 0.29) is 0 Å². The molecule has 2 aliphatic rings. The van der Waals surface area contributed by atoms with Gasteiger partial charge in [-0.2, -0.15) is 0 Å². The first kappa shape index (κ1) is 17.3. The first-order chi connectivity index (χ1) is 10.0. The highest BCUT2D eigenvalue weighted by Crippen LogP contribution is 2.36. The molecule has 124 valence electrons. The number of hydrogen-bond donors (Lipinski definition) is 1. The van der Waals surface area contributed by atoms with Crippen molar-refractivity contribution in [1.29, 1.82) is 0 Å². The van der Waals surface area contributed by atoms with E-state index in [4.69, 9.17) is 0 Å². The smallest absolute Gasteiger partial charge is 0.0119 e. The van der Waals surface area contributed by atoms with E-state index >= 15 is 0 Å². The van der Waals surface area contributed by atoms with Gasteiger partial charge >= 0.3 is 0 Å². The fourth-order valence-corrected chi connectivity index (χ4v) is 4.89. The van der Waals surface area contributed by atoms with E-state index < -0.39 is 0 Å². The molecule has 0 aromatic rings. The van der Waals surface area contributed by atoms with Crippen LogP contribution in [0.5, 0.6) is 0 Å². The summed E-state index contributed by atoms with van der Waals surface area (Å²) in [5.74, 6) is 3.43. The highest BCUT2D eigenvalue weighted by Gasteiger charge is 2.37. The van der Waals surface area contributed by atoms with E-state index in [0.717, 1.165) is 35.8 Å². The van der Waals surface area contributed by atoms with Crippen LogP contribution in [0.1, 0.15) is 66.7 Å². The van der Waals surface area contributed by atoms with Crippen LogP contribution < -0.4 is 5.32 Å². The van der Waals surface area contributed by atoms with Gasteiger partial charge in [-0.3, -0.25) is 4.90 Å². The quantitative estimate of drug-likeness (QED) is 0.791. The molecule has 2 heteroatoms. The highest BCUT2D eigenvalue weighted by atomic mass is 15.2. The summed E-state index contributed by atoms with van der Waals surface area (Å²) in [5, 5.41) is 3.87. The molecule has 0 spiro atoms. The van der Waals surface area contributed by atoms with Crippen LogP contribution in [-0.4, -0.2) is 36.6 Å². The topological polar surface area (TPSA) is 15.3 Å². The molecule has 1 heterocycles. The second kappa shape index (κ2) is 7.97. The lowest BCUT2D eigenvalue weighted by molar-refractivity contribution is 0.0857. The Bertz CT molecular complexity index is 302. The zero-order chi connectivity index (χ0) is 15.4. The van der Waals surface area contributed by atoms with Crippen molar-refractivity contribution in [3.05, 3.63) is 0 Å². The third-order valence-corrected chi connectivity index (χ3v) is 5.96. The van der Waals surface area contributed by atoms with Crippen molar-refractivity contribution in [2.75, 3.05) is 19.6 Å². The number of hydrogen-bond acceptors (Lipinski definition) is 2. The average Bonchev–Trinajstić information content (AvgIpc) is 2.88. The first-order valence-corrected chi connectivity index (χ1v) is 9.50. The molecule has 1 N–H and O–H groups in total. The van der Waals surface area contributed by atoms with Crippen molar-refractivity contribution >= 4 is 0 Å². The monoisotopic (exact) mass is 294 g/mol. The molecule has 1 saturated heterocycles. The van der Waals surface area contributed by atoms with Crippen molar-refractivity contribution in [3.8, 4) is 0 Å². The molecule has 21 heavy (non-hydrogen) atoms. The molecule has 0 aromatic heterocycles. The van der Waals surface area contributed by atoms with E-state index in [1.54, 1.807) is 0 Å². The van der Waals surface area contributed by atoms with Crippen LogP contribution in [0.4, 0.5) is 0 Å². The van der Waals surface area contributed by atoms with Gasteiger partial charge in [-0.1, -0.05) is 34.6 Å². The summed E-state index contributed by atoms with van der Waals surface area (Å²) in [6.07, 6.45) is 6.89. The molecule has 2 nitrogen and oxygen atoms in total. The minimum Gasteiger partial charge on any atom is -0.314 e. The van der Waals surface area contributed by atoms with E-state index in [1.807, 2.05) is 0 Å². The van der Waals surface area contributed by atoms with Gasteiger partial charge in [-0.25, -0.2) is 0 Å². The van der Waals surface area contributed by atoms with Crippen molar-refractivity contribution in [2.45, 2.75) is 78.8 Å². The third-order valence-electron chi connectivity index (χ3n) is 5.96. The Kier molecular flexibility index (Phi) is 6.55. The summed E-state index contributed by atoms with van der Waals surface area (Å²) in [6.45, 7) is 15.9. The summed E-state index contributed by atoms with van der Waals surface area (Å²) in [6, 6.07) is 1.58. The number of rotatable bonds is 6. The summed E-state index contributed by atoms with van der Waals surface area (Å²) >= 11 is 0. The van der Waals surface area contributed by atoms with Gasteiger partial charge < -0.3 is 5.32 Å². The lowest BCUT2D eigenvalue weighted by atomic mass is 9.72. The van der Waals surface area contributed by atoms with Crippen LogP contribution in [0.25, 0.3) is 0 Å². The van der Waals surface area contributed by atoms with Crippen LogP contribution in [0.2, 0.25) is 0 Å². The molecular formula is C19H38N2. The van der Waals surface area contributed by atoms with Gasteiger partial charge in [0.15, 0.2) is 0 Å². The van der Waals surface area contributed by atoms with Crippen LogP contribution in [0.3, 0.4) is 0 Å². The molecule has 0 amide bonds. The van der Waals surface area contributed by atoms with Gasteiger partial charge in [0.2, 0.25) is 0 Å². The van der Waals surface area contributed by atoms with Crippen LogP contribution in [0.15, 0.2) is 0 Å². The summed E-state index contributed by atoms with van der Waals surface area (Å²) in [4.78, 5) is 2.82. The zero-order valence-electron chi connectivity index (χ0n) is 15.1. The highest BCUT2D eigenvalue weighted by molar-refractivity contribution is 4.92. The molecule has 0 radical (unpaired) electrons. The second-order valence-electron chi connectivity index (χ2n) is 8.23. The van der Waals surface area contributed by atoms with Gasteiger partial charge in [0.1, 0.15) is 0 Å². The minimum atomic E-state index is 0.747. The van der Waals surface area contributed by atoms with Crippen LogP contribution in [-0.2, 0) is 0 Å². The fraction of sp³-hybridized carbons (Fsp3) is 1.00. The van der Waals surface area contributed by atoms with Gasteiger partial charge in [-0.05, 0) is 68.9 Å². The van der Waals surface area contributed by atoms with Gasteiger partial charge in [0.05, 0.1) is 0 Å². The van der Waals surface area contributed by atoms with Crippen molar-refractivity contribution in [2.24, 2.45) is 23.7 Å². The Labute approximate surface area is 133 Å². The summed E-state index contributed by atoms with van der Waals surface area (Å²) in [7, 11) is 0. The maximum Gasteiger partial charge on any atom is 0.0119 e. The molecule has 0 bridgehead atoms. The molecule has 2 fully saturated rings. The number of nitrogens with one attached hydrogen (secondary N) is 1. The number of nitrogens with zero attached hydrogens (tertiary/aromatic N) is 1.